The highest BCUT2D eigenvalue weighted by Crippen LogP contribution is 2.45. The summed E-state index contributed by atoms with van der Waals surface area (Å²) in [5.41, 5.74) is 3.24. The van der Waals surface area contributed by atoms with E-state index < -0.39 is 11.9 Å². The fourth-order valence-electron chi connectivity index (χ4n) is 5.46. The number of nitrogens with zero attached hydrogens (tertiary/aromatic N) is 2. The molecule has 0 unspecified atom stereocenters. The third-order valence-corrected chi connectivity index (χ3v) is 8.61. The summed E-state index contributed by atoms with van der Waals surface area (Å²) in [4.78, 5) is 52.1. The summed E-state index contributed by atoms with van der Waals surface area (Å²) < 4.78 is 33.0. The lowest BCUT2D eigenvalue weighted by molar-refractivity contribution is -0.146. The molecule has 2 heterocycles. The Bertz CT molecular complexity index is 1390. The van der Waals surface area contributed by atoms with Crippen molar-refractivity contribution >= 4 is 47.0 Å². The van der Waals surface area contributed by atoms with Crippen LogP contribution in [0.25, 0.3) is 0 Å². The van der Waals surface area contributed by atoms with Crippen molar-refractivity contribution in [1.29, 1.82) is 0 Å². The lowest BCUT2D eigenvalue weighted by atomic mass is 10.1. The second-order valence-corrected chi connectivity index (χ2v) is 11.6. The minimum atomic E-state index is -0.406. The number of halogens is 2. The van der Waals surface area contributed by atoms with E-state index in [0.717, 1.165) is 22.3 Å². The van der Waals surface area contributed by atoms with Gasteiger partial charge in [0.25, 0.3) is 0 Å². The van der Waals surface area contributed by atoms with Crippen LogP contribution >= 0.6 is 23.2 Å². The Labute approximate surface area is 284 Å². The molecule has 4 rings (SSSR count). The van der Waals surface area contributed by atoms with Gasteiger partial charge in [-0.2, -0.15) is 0 Å². The van der Waals surface area contributed by atoms with Crippen molar-refractivity contribution in [3.8, 4) is 23.0 Å². The fraction of sp³-hybridized carbons (Fsp3) is 0.515. The first-order valence-corrected chi connectivity index (χ1v) is 16.3. The summed E-state index contributed by atoms with van der Waals surface area (Å²) >= 11 is 13.5. The Morgan fingerprint density at radius 3 is 1.43 bits per heavy atom. The number of methoxy groups -OCH3 is 2. The lowest BCUT2D eigenvalue weighted by Crippen LogP contribution is -2.25. The van der Waals surface area contributed by atoms with Crippen LogP contribution in [0.3, 0.4) is 0 Å². The van der Waals surface area contributed by atoms with Crippen molar-refractivity contribution < 1.29 is 47.6 Å². The molecule has 2 aromatic rings. The summed E-state index contributed by atoms with van der Waals surface area (Å²) in [6.07, 6.45) is 0.609. The maximum absolute atomic E-state index is 12.7. The second-order valence-electron chi connectivity index (χ2n) is 10.9. The first-order valence-electron chi connectivity index (χ1n) is 15.5. The molecule has 0 aromatic heterocycles. The van der Waals surface area contributed by atoms with Crippen molar-refractivity contribution in [2.75, 3.05) is 40.6 Å². The maximum Gasteiger partial charge on any atom is 0.306 e. The fourth-order valence-corrected chi connectivity index (χ4v) is 6.11. The molecule has 2 aromatic carbocycles. The van der Waals surface area contributed by atoms with Crippen molar-refractivity contribution in [3.63, 3.8) is 0 Å². The standard InChI is InChI=1S/C33H40Cl2N2O10/c1-5-44-28(40)10-8-26(38)36-16-20-14-24(42-3)32(30(34)22(20)18-36)46-12-7-13-47-33-25(43-4)15-21-17-37(19-23(21)31(33)35)27(39)9-11-29(41)45-6-2/h14-15H,5-13,16-19H2,1-4H3. The van der Waals surface area contributed by atoms with Crippen molar-refractivity contribution in [1.82, 2.24) is 9.80 Å². The number of benzene rings is 2. The molecular formula is C33H40Cl2N2O10. The van der Waals surface area contributed by atoms with Crippen LogP contribution in [-0.4, -0.2) is 74.2 Å². The molecule has 0 saturated heterocycles. The molecule has 256 valence electrons. The van der Waals surface area contributed by atoms with Crippen LogP contribution in [0, 0.1) is 0 Å². The summed E-state index contributed by atoms with van der Waals surface area (Å²) in [5.74, 6) is 0.480. The Morgan fingerprint density at radius 2 is 1.06 bits per heavy atom. The molecule has 47 heavy (non-hydrogen) atoms. The summed E-state index contributed by atoms with van der Waals surface area (Å²) in [5, 5.41) is 0.733. The third kappa shape index (κ3) is 8.72. The molecule has 0 spiro atoms. The van der Waals surface area contributed by atoms with Gasteiger partial charge in [-0.05, 0) is 48.2 Å². The van der Waals surface area contributed by atoms with E-state index in [-0.39, 0.29) is 63.9 Å². The molecule has 0 aliphatic carbocycles. The highest BCUT2D eigenvalue weighted by atomic mass is 35.5. The number of fused-ring (bicyclic) bond motifs is 2. The van der Waals surface area contributed by atoms with Gasteiger partial charge in [-0.1, -0.05) is 23.2 Å². The molecular weight excluding hydrogens is 655 g/mol. The minimum absolute atomic E-state index is 0.0201. The third-order valence-electron chi connectivity index (χ3n) is 7.81. The molecule has 2 amide bonds. The number of ether oxygens (including phenoxy) is 6. The summed E-state index contributed by atoms with van der Waals surface area (Å²) in [6, 6.07) is 3.62. The van der Waals surface area contributed by atoms with E-state index in [4.69, 9.17) is 51.6 Å². The first-order chi connectivity index (χ1) is 22.6. The van der Waals surface area contributed by atoms with E-state index in [9.17, 15) is 19.2 Å². The van der Waals surface area contributed by atoms with Gasteiger partial charge in [-0.15, -0.1) is 0 Å². The van der Waals surface area contributed by atoms with E-state index in [1.165, 1.54) is 14.2 Å². The Kier molecular flexibility index (Phi) is 12.8. The molecule has 2 aliphatic rings. The highest BCUT2D eigenvalue weighted by Gasteiger charge is 2.31. The minimum Gasteiger partial charge on any atom is -0.493 e. The van der Waals surface area contributed by atoms with E-state index in [1.807, 2.05) is 12.1 Å². The monoisotopic (exact) mass is 694 g/mol. The van der Waals surface area contributed by atoms with Gasteiger partial charge in [-0.3, -0.25) is 19.2 Å². The maximum atomic E-state index is 12.7. The Balaban J connectivity index is 1.32. The van der Waals surface area contributed by atoms with Crippen molar-refractivity contribution in [3.05, 3.63) is 44.4 Å². The predicted octanol–water partition coefficient (Wildman–Crippen LogP) is 5.23. The van der Waals surface area contributed by atoms with Crippen LogP contribution < -0.4 is 18.9 Å². The van der Waals surface area contributed by atoms with Crippen LogP contribution in [0.2, 0.25) is 10.0 Å². The van der Waals surface area contributed by atoms with Gasteiger partial charge in [0, 0.05) is 45.4 Å². The predicted molar refractivity (Wildman–Crippen MR) is 172 cm³/mol. The summed E-state index contributed by atoms with van der Waals surface area (Å²) in [6.45, 7) is 5.76. The molecule has 0 N–H and O–H groups in total. The number of carbonyl (C=O) groups is 4. The SMILES string of the molecule is CCOC(=O)CCC(=O)N1Cc2cc(OC)c(OCCCOc3c(OC)cc4c(c3Cl)CN(C(=O)CCC(=O)OCC)C4)c(Cl)c2C1. The zero-order valence-electron chi connectivity index (χ0n) is 27.1. The van der Waals surface area contributed by atoms with Gasteiger partial charge in [0.05, 0.1) is 63.5 Å². The number of hydrogen-bond acceptors (Lipinski definition) is 10. The smallest absolute Gasteiger partial charge is 0.306 e. The van der Waals surface area contributed by atoms with Crippen LogP contribution in [0.4, 0.5) is 0 Å². The van der Waals surface area contributed by atoms with Crippen molar-refractivity contribution in [2.45, 2.75) is 72.1 Å². The molecule has 12 nitrogen and oxygen atoms in total. The Morgan fingerprint density at radius 1 is 0.660 bits per heavy atom. The number of rotatable bonds is 16. The van der Waals surface area contributed by atoms with E-state index >= 15 is 0 Å². The average Bonchev–Trinajstić information content (AvgIpc) is 3.69. The van der Waals surface area contributed by atoms with Gasteiger partial charge < -0.3 is 38.2 Å². The zero-order chi connectivity index (χ0) is 34.1. The van der Waals surface area contributed by atoms with Gasteiger partial charge in [0.2, 0.25) is 11.8 Å². The second kappa shape index (κ2) is 16.8. The number of carbonyl (C=O) groups excluding carboxylic acids is 4. The normalized spacial score (nSPS) is 13.1. The zero-order valence-corrected chi connectivity index (χ0v) is 28.6. The van der Waals surface area contributed by atoms with Gasteiger partial charge in [0.1, 0.15) is 0 Å². The van der Waals surface area contributed by atoms with E-state index in [1.54, 1.807) is 23.6 Å². The van der Waals surface area contributed by atoms with Gasteiger partial charge >= 0.3 is 11.9 Å². The molecule has 0 bridgehead atoms. The van der Waals surface area contributed by atoms with E-state index in [0.29, 0.717) is 65.6 Å². The largest absolute Gasteiger partial charge is 0.493 e. The van der Waals surface area contributed by atoms with Crippen LogP contribution in [0.15, 0.2) is 12.1 Å². The van der Waals surface area contributed by atoms with E-state index in [2.05, 4.69) is 0 Å². The lowest BCUT2D eigenvalue weighted by Gasteiger charge is -2.17. The number of hydrogen-bond donors (Lipinski definition) is 0. The molecule has 14 heteroatoms. The number of amides is 2. The van der Waals surface area contributed by atoms with Crippen molar-refractivity contribution in [2.24, 2.45) is 0 Å². The van der Waals surface area contributed by atoms with Crippen LogP contribution in [-0.2, 0) is 54.8 Å². The number of esters is 2. The molecule has 0 saturated carbocycles. The van der Waals surface area contributed by atoms with Crippen LogP contribution in [0.1, 0.15) is 68.2 Å². The van der Waals surface area contributed by atoms with Gasteiger partial charge in [0.15, 0.2) is 23.0 Å². The molecule has 0 fully saturated rings. The van der Waals surface area contributed by atoms with Gasteiger partial charge in [-0.25, -0.2) is 0 Å². The molecule has 2 aliphatic heterocycles. The molecule has 0 atom stereocenters. The average molecular weight is 696 g/mol. The quantitative estimate of drug-likeness (QED) is 0.170. The first kappa shape index (κ1) is 35.9. The highest BCUT2D eigenvalue weighted by molar-refractivity contribution is 6.33. The molecule has 0 radical (unpaired) electrons. The topological polar surface area (TPSA) is 130 Å². The van der Waals surface area contributed by atoms with Crippen LogP contribution in [0.5, 0.6) is 23.0 Å². The Hall–Kier alpha value is -3.90. The summed E-state index contributed by atoms with van der Waals surface area (Å²) in [7, 11) is 3.03.